The maximum Gasteiger partial charge on any atom is -0.0244 e. The van der Waals surface area contributed by atoms with Crippen molar-refractivity contribution in [1.29, 1.82) is 0 Å². The van der Waals surface area contributed by atoms with Gasteiger partial charge in [0.15, 0.2) is 0 Å². The largest absolute Gasteiger partial charge is 0.0991 e. The fourth-order valence-electron chi connectivity index (χ4n) is 0.821. The van der Waals surface area contributed by atoms with Gasteiger partial charge in [-0.3, -0.25) is 0 Å². The van der Waals surface area contributed by atoms with Gasteiger partial charge in [0, 0.05) is 0 Å². The zero-order valence-electron chi connectivity index (χ0n) is 9.22. The van der Waals surface area contributed by atoms with Crippen molar-refractivity contribution in [3.8, 4) is 0 Å². The molecule has 0 atom stereocenters. The van der Waals surface area contributed by atoms with Gasteiger partial charge in [-0.15, -0.1) is 0 Å². The first-order chi connectivity index (χ1) is 6.35. The first-order valence-corrected chi connectivity index (χ1v) is 4.90. The van der Waals surface area contributed by atoms with Crippen molar-refractivity contribution in [2.24, 2.45) is 0 Å². The lowest BCUT2D eigenvalue weighted by molar-refractivity contribution is 1.01. The second-order valence-electron chi connectivity index (χ2n) is 2.29. The van der Waals surface area contributed by atoms with Gasteiger partial charge in [0.25, 0.3) is 0 Å². The van der Waals surface area contributed by atoms with E-state index in [1.807, 2.05) is 32.9 Å². The van der Waals surface area contributed by atoms with Gasteiger partial charge in [0.1, 0.15) is 0 Å². The molecule has 0 aliphatic rings. The Morgan fingerprint density at radius 1 is 1.23 bits per heavy atom. The van der Waals surface area contributed by atoms with Crippen LogP contribution in [0.2, 0.25) is 0 Å². The lowest BCUT2D eigenvalue weighted by Crippen LogP contribution is -1.75. The molecule has 0 saturated heterocycles. The predicted octanol–water partition coefficient (Wildman–Crippen LogP) is 4.67. The molecular weight excluding hydrogens is 156 g/mol. The van der Waals surface area contributed by atoms with E-state index in [9.17, 15) is 0 Å². The smallest absolute Gasteiger partial charge is 0.0244 e. The minimum atomic E-state index is 1.06. The molecule has 0 radical (unpaired) electrons. The summed E-state index contributed by atoms with van der Waals surface area (Å²) in [5.41, 5.74) is 1.25. The highest BCUT2D eigenvalue weighted by Crippen LogP contribution is 2.06. The van der Waals surface area contributed by atoms with E-state index < -0.39 is 0 Å². The SMILES string of the molecule is C=C/C=C(\C=C)CC/C=C/C.CC. The molecule has 74 valence electrons. The van der Waals surface area contributed by atoms with Gasteiger partial charge in [0.05, 0.1) is 0 Å². The Labute approximate surface area is 83.4 Å². The lowest BCUT2D eigenvalue weighted by Gasteiger charge is -1.95. The van der Waals surface area contributed by atoms with Crippen LogP contribution in [0.3, 0.4) is 0 Å². The summed E-state index contributed by atoms with van der Waals surface area (Å²) < 4.78 is 0. The highest BCUT2D eigenvalue weighted by molar-refractivity contribution is 5.21. The van der Waals surface area contributed by atoms with Crippen molar-refractivity contribution in [2.45, 2.75) is 33.6 Å². The van der Waals surface area contributed by atoms with Gasteiger partial charge in [-0.1, -0.05) is 57.4 Å². The van der Waals surface area contributed by atoms with Crippen molar-refractivity contribution >= 4 is 0 Å². The Morgan fingerprint density at radius 3 is 2.23 bits per heavy atom. The molecule has 0 heterocycles. The summed E-state index contributed by atoms with van der Waals surface area (Å²) in [6.45, 7) is 13.4. The van der Waals surface area contributed by atoms with E-state index in [4.69, 9.17) is 0 Å². The topological polar surface area (TPSA) is 0 Å². The van der Waals surface area contributed by atoms with Crippen LogP contribution in [0.5, 0.6) is 0 Å². The van der Waals surface area contributed by atoms with E-state index in [2.05, 4.69) is 25.3 Å². The van der Waals surface area contributed by atoms with Crippen molar-refractivity contribution in [2.75, 3.05) is 0 Å². The molecule has 13 heavy (non-hydrogen) atoms. The van der Waals surface area contributed by atoms with Gasteiger partial charge in [-0.05, 0) is 25.3 Å². The summed E-state index contributed by atoms with van der Waals surface area (Å²) in [7, 11) is 0. The van der Waals surface area contributed by atoms with Gasteiger partial charge in [-0.2, -0.15) is 0 Å². The Hall–Kier alpha value is -1.04. The molecule has 0 saturated carbocycles. The number of rotatable bonds is 5. The minimum absolute atomic E-state index is 1.06. The van der Waals surface area contributed by atoms with Crippen LogP contribution in [0.4, 0.5) is 0 Å². The summed E-state index contributed by atoms with van der Waals surface area (Å²) in [4.78, 5) is 0. The van der Waals surface area contributed by atoms with Crippen LogP contribution in [0.25, 0.3) is 0 Å². The number of hydrogen-bond acceptors (Lipinski definition) is 0. The van der Waals surface area contributed by atoms with E-state index in [-0.39, 0.29) is 0 Å². The maximum absolute atomic E-state index is 3.72. The molecule has 0 aliphatic carbocycles. The van der Waals surface area contributed by atoms with Crippen molar-refractivity contribution in [3.63, 3.8) is 0 Å². The summed E-state index contributed by atoms with van der Waals surface area (Å²) >= 11 is 0. The van der Waals surface area contributed by atoms with Crippen LogP contribution in [0, 0.1) is 0 Å². The molecule has 0 heteroatoms. The zero-order valence-corrected chi connectivity index (χ0v) is 9.22. The zero-order chi connectivity index (χ0) is 10.5. The fraction of sp³-hybridized carbons (Fsp3) is 0.385. The maximum atomic E-state index is 3.72. The molecule has 0 unspecified atom stereocenters. The average molecular weight is 178 g/mol. The monoisotopic (exact) mass is 178 g/mol. The molecule has 0 amide bonds. The normalized spacial score (nSPS) is 10.5. The molecule has 0 nitrogen and oxygen atoms in total. The molecule has 0 aromatic rings. The Morgan fingerprint density at radius 2 is 1.85 bits per heavy atom. The quantitative estimate of drug-likeness (QED) is 0.424. The van der Waals surface area contributed by atoms with E-state index >= 15 is 0 Å². The highest BCUT2D eigenvalue weighted by atomic mass is 13.9. The first-order valence-electron chi connectivity index (χ1n) is 4.90. The van der Waals surface area contributed by atoms with Gasteiger partial charge < -0.3 is 0 Å². The van der Waals surface area contributed by atoms with Crippen LogP contribution in [0.1, 0.15) is 33.6 Å². The van der Waals surface area contributed by atoms with Crippen LogP contribution in [-0.4, -0.2) is 0 Å². The second kappa shape index (κ2) is 13.5. The van der Waals surface area contributed by atoms with Gasteiger partial charge in [0.2, 0.25) is 0 Å². The molecule has 0 fully saturated rings. The highest BCUT2D eigenvalue weighted by Gasteiger charge is 1.86. The van der Waals surface area contributed by atoms with Crippen molar-refractivity contribution in [3.05, 3.63) is 49.1 Å². The predicted molar refractivity (Wildman–Crippen MR) is 63.9 cm³/mol. The van der Waals surface area contributed by atoms with E-state index in [0.29, 0.717) is 0 Å². The van der Waals surface area contributed by atoms with E-state index in [1.54, 1.807) is 6.08 Å². The molecule has 0 N–H and O–H groups in total. The second-order valence-corrected chi connectivity index (χ2v) is 2.29. The summed E-state index contributed by atoms with van der Waals surface area (Å²) in [5.74, 6) is 0. The lowest BCUT2D eigenvalue weighted by atomic mass is 10.1. The fourth-order valence-corrected chi connectivity index (χ4v) is 0.821. The Bertz CT molecular complexity index is 170. The first kappa shape index (κ1) is 14.5. The Balaban J connectivity index is 0. The molecule has 0 aromatic carbocycles. The third kappa shape index (κ3) is 11.0. The van der Waals surface area contributed by atoms with Crippen LogP contribution in [-0.2, 0) is 0 Å². The third-order valence-electron chi connectivity index (χ3n) is 1.43. The summed E-state index contributed by atoms with van der Waals surface area (Å²) in [6.07, 6.45) is 12.0. The number of allylic oxidation sites excluding steroid dienone is 6. The van der Waals surface area contributed by atoms with Gasteiger partial charge >= 0.3 is 0 Å². The molecule has 0 aromatic heterocycles. The molecule has 0 spiro atoms. The van der Waals surface area contributed by atoms with Crippen LogP contribution in [0.15, 0.2) is 49.1 Å². The average Bonchev–Trinajstić information content (AvgIpc) is 2.20. The summed E-state index contributed by atoms with van der Waals surface area (Å²) in [5, 5.41) is 0. The summed E-state index contributed by atoms with van der Waals surface area (Å²) in [6, 6.07) is 0. The van der Waals surface area contributed by atoms with E-state index in [0.717, 1.165) is 12.8 Å². The number of hydrogen-bond donors (Lipinski definition) is 0. The van der Waals surface area contributed by atoms with E-state index in [1.165, 1.54) is 5.57 Å². The van der Waals surface area contributed by atoms with Crippen molar-refractivity contribution in [1.82, 2.24) is 0 Å². The standard InChI is InChI=1S/C11H16.C2H6/c1-4-7-8-10-11(6-3)9-5-2;1-2/h4-7,9H,2-3,8,10H2,1H3;1-2H3/b7-4+,11-9+;. The van der Waals surface area contributed by atoms with Crippen LogP contribution >= 0.6 is 0 Å². The van der Waals surface area contributed by atoms with Crippen molar-refractivity contribution < 1.29 is 0 Å². The molecular formula is C13H22. The van der Waals surface area contributed by atoms with Crippen LogP contribution < -0.4 is 0 Å². The Kier molecular flexibility index (Phi) is 15.1. The third-order valence-corrected chi connectivity index (χ3v) is 1.43. The molecule has 0 aliphatic heterocycles. The molecule has 0 bridgehead atoms. The minimum Gasteiger partial charge on any atom is -0.0991 e. The molecule has 0 rings (SSSR count). The van der Waals surface area contributed by atoms with Gasteiger partial charge in [-0.25, -0.2) is 0 Å².